The Balaban J connectivity index is 2.05. The van der Waals surface area contributed by atoms with Crippen LogP contribution in [0.15, 0.2) is 48.5 Å². The lowest BCUT2D eigenvalue weighted by molar-refractivity contribution is -0.274. The molecule has 3 aromatic rings. The van der Waals surface area contributed by atoms with Gasteiger partial charge in [0.2, 0.25) is 0 Å². The number of ether oxygens (including phenoxy) is 1. The number of pyridine rings is 1. The molecule has 27 heavy (non-hydrogen) atoms. The minimum absolute atomic E-state index is 0.0432. The molecular formula is C17H9F7N2O. The van der Waals surface area contributed by atoms with Gasteiger partial charge in [0.25, 0.3) is 0 Å². The predicted molar refractivity (Wildman–Crippen MR) is 83.1 cm³/mol. The lowest BCUT2D eigenvalue weighted by atomic mass is 10.1. The van der Waals surface area contributed by atoms with Gasteiger partial charge in [-0.1, -0.05) is 6.07 Å². The van der Waals surface area contributed by atoms with Crippen molar-refractivity contribution in [2.45, 2.75) is 12.5 Å². The Morgan fingerprint density at radius 1 is 0.889 bits per heavy atom. The van der Waals surface area contributed by atoms with E-state index in [1.165, 1.54) is 18.2 Å². The maximum atomic E-state index is 13.4. The topological polar surface area (TPSA) is 34.1 Å². The van der Waals surface area contributed by atoms with Crippen LogP contribution in [0.5, 0.6) is 5.75 Å². The fourth-order valence-corrected chi connectivity index (χ4v) is 2.38. The van der Waals surface area contributed by atoms with Crippen LogP contribution in [0.1, 0.15) is 5.69 Å². The summed E-state index contributed by atoms with van der Waals surface area (Å²) in [4.78, 5) is 3.40. The van der Waals surface area contributed by atoms with Crippen LogP contribution in [-0.4, -0.2) is 11.3 Å². The maximum absolute atomic E-state index is 13.4. The number of aromatic nitrogens is 1. The van der Waals surface area contributed by atoms with Crippen LogP contribution in [0, 0.1) is 5.82 Å². The number of fused-ring (bicyclic) bond motifs is 1. The largest absolute Gasteiger partial charge is 0.573 e. The van der Waals surface area contributed by atoms with Crippen LogP contribution in [0.2, 0.25) is 0 Å². The second-order valence-electron chi connectivity index (χ2n) is 5.41. The molecule has 0 aliphatic carbocycles. The maximum Gasteiger partial charge on any atom is 0.573 e. The van der Waals surface area contributed by atoms with Crippen molar-refractivity contribution in [2.75, 3.05) is 5.32 Å². The predicted octanol–water partition coefficient (Wildman–Crippen LogP) is 6.03. The van der Waals surface area contributed by atoms with Gasteiger partial charge in [-0.25, -0.2) is 9.37 Å². The van der Waals surface area contributed by atoms with E-state index in [-0.39, 0.29) is 22.3 Å². The van der Waals surface area contributed by atoms with Crippen LogP contribution in [0.3, 0.4) is 0 Å². The molecule has 142 valence electrons. The Kier molecular flexibility index (Phi) is 4.58. The monoisotopic (exact) mass is 390 g/mol. The number of nitrogens with one attached hydrogen (secondary N) is 1. The molecule has 10 heteroatoms. The van der Waals surface area contributed by atoms with Crippen molar-refractivity contribution in [3.8, 4) is 5.75 Å². The first-order valence-corrected chi connectivity index (χ1v) is 7.32. The van der Waals surface area contributed by atoms with E-state index in [0.29, 0.717) is 6.07 Å². The number of benzene rings is 2. The molecule has 0 aliphatic rings. The molecule has 1 aromatic heterocycles. The number of nitrogens with zero attached hydrogens (tertiary/aromatic N) is 1. The summed E-state index contributed by atoms with van der Waals surface area (Å²) in [5, 5.41) is 2.75. The molecule has 0 unspecified atom stereocenters. The van der Waals surface area contributed by atoms with Crippen molar-refractivity contribution >= 4 is 22.3 Å². The van der Waals surface area contributed by atoms with Crippen LogP contribution in [0.25, 0.3) is 10.9 Å². The summed E-state index contributed by atoms with van der Waals surface area (Å²) in [6.45, 7) is 0. The smallest absolute Gasteiger partial charge is 0.406 e. The fraction of sp³-hybridized carbons (Fsp3) is 0.118. The highest BCUT2D eigenvalue weighted by Gasteiger charge is 2.34. The van der Waals surface area contributed by atoms with E-state index in [1.807, 2.05) is 0 Å². The number of hydrogen-bond acceptors (Lipinski definition) is 3. The summed E-state index contributed by atoms with van der Waals surface area (Å²) in [6.07, 6.45) is -9.71. The molecule has 3 rings (SSSR count). The van der Waals surface area contributed by atoms with Crippen molar-refractivity contribution < 1.29 is 35.5 Å². The van der Waals surface area contributed by atoms with Crippen LogP contribution in [0.4, 0.5) is 42.1 Å². The fourth-order valence-electron chi connectivity index (χ4n) is 2.38. The SMILES string of the molecule is Fc1ccc2c(Nc3cccc(OC(F)(F)F)c3)cc(C(F)(F)F)nc2c1. The summed E-state index contributed by atoms with van der Waals surface area (Å²) in [6, 6.07) is 8.36. The number of hydrogen-bond donors (Lipinski definition) is 1. The molecule has 3 nitrogen and oxygen atoms in total. The van der Waals surface area contributed by atoms with Crippen LogP contribution < -0.4 is 10.1 Å². The highest BCUT2D eigenvalue weighted by Crippen LogP contribution is 2.35. The van der Waals surface area contributed by atoms with Gasteiger partial charge in [-0.15, -0.1) is 13.2 Å². The van der Waals surface area contributed by atoms with Gasteiger partial charge in [0, 0.05) is 23.2 Å². The zero-order valence-electron chi connectivity index (χ0n) is 13.1. The molecule has 1 N–H and O–H groups in total. The Morgan fingerprint density at radius 2 is 1.63 bits per heavy atom. The molecule has 1 heterocycles. The summed E-state index contributed by atoms with van der Waals surface area (Å²) < 4.78 is 93.3. The molecule has 0 aliphatic heterocycles. The average Bonchev–Trinajstić information content (AvgIpc) is 2.52. The van der Waals surface area contributed by atoms with E-state index < -0.39 is 29.8 Å². The standard InChI is InChI=1S/C17H9F7N2O/c18-9-4-5-12-13(6-9)26-15(16(19,20)21)8-14(12)25-10-2-1-3-11(7-10)27-17(22,23)24/h1-8H,(H,25,26). The molecule has 0 fully saturated rings. The van der Waals surface area contributed by atoms with Gasteiger partial charge in [-0.05, 0) is 30.3 Å². The summed E-state index contributed by atoms with van der Waals surface area (Å²) in [5.74, 6) is -1.33. The third kappa shape index (κ3) is 4.57. The second kappa shape index (κ2) is 6.60. The Hall–Kier alpha value is -3.04. The van der Waals surface area contributed by atoms with Crippen molar-refractivity contribution in [3.63, 3.8) is 0 Å². The zero-order valence-corrected chi connectivity index (χ0v) is 13.1. The van der Waals surface area contributed by atoms with Crippen molar-refractivity contribution in [1.82, 2.24) is 4.98 Å². The number of anilines is 2. The highest BCUT2D eigenvalue weighted by molar-refractivity contribution is 5.93. The van der Waals surface area contributed by atoms with E-state index in [1.54, 1.807) is 0 Å². The number of rotatable bonds is 3. The number of alkyl halides is 6. The van der Waals surface area contributed by atoms with E-state index >= 15 is 0 Å². The summed E-state index contributed by atoms with van der Waals surface area (Å²) >= 11 is 0. The van der Waals surface area contributed by atoms with Gasteiger partial charge < -0.3 is 10.1 Å². The van der Waals surface area contributed by atoms with Gasteiger partial charge in [0.15, 0.2) is 0 Å². The molecule has 0 radical (unpaired) electrons. The van der Waals surface area contributed by atoms with Crippen molar-refractivity contribution in [1.29, 1.82) is 0 Å². The minimum Gasteiger partial charge on any atom is -0.406 e. The van der Waals surface area contributed by atoms with Gasteiger partial charge in [-0.2, -0.15) is 13.2 Å². The van der Waals surface area contributed by atoms with E-state index in [9.17, 15) is 30.7 Å². The zero-order chi connectivity index (χ0) is 19.8. The Morgan fingerprint density at radius 3 is 2.30 bits per heavy atom. The van der Waals surface area contributed by atoms with Gasteiger partial charge in [0.05, 0.1) is 11.2 Å². The lowest BCUT2D eigenvalue weighted by Gasteiger charge is -2.15. The van der Waals surface area contributed by atoms with Gasteiger partial charge in [-0.3, -0.25) is 0 Å². The summed E-state index contributed by atoms with van der Waals surface area (Å²) in [7, 11) is 0. The van der Waals surface area contributed by atoms with Crippen LogP contribution in [-0.2, 0) is 6.18 Å². The summed E-state index contributed by atoms with van der Waals surface area (Å²) in [5.41, 5.74) is -1.58. The minimum atomic E-state index is -4.91. The average molecular weight is 390 g/mol. The third-order valence-electron chi connectivity index (χ3n) is 3.41. The molecule has 0 spiro atoms. The van der Waals surface area contributed by atoms with Gasteiger partial charge in [0.1, 0.15) is 17.3 Å². The van der Waals surface area contributed by atoms with Crippen LogP contribution >= 0.6 is 0 Å². The van der Waals surface area contributed by atoms with Crippen molar-refractivity contribution in [3.05, 3.63) is 60.0 Å². The molecule has 0 saturated carbocycles. The lowest BCUT2D eigenvalue weighted by Crippen LogP contribution is -2.17. The first-order chi connectivity index (χ1) is 12.5. The Bertz CT molecular complexity index is 983. The van der Waals surface area contributed by atoms with Crippen molar-refractivity contribution in [2.24, 2.45) is 0 Å². The van der Waals surface area contributed by atoms with E-state index in [0.717, 1.165) is 24.3 Å². The van der Waals surface area contributed by atoms with E-state index in [4.69, 9.17) is 0 Å². The molecule has 0 bridgehead atoms. The highest BCUT2D eigenvalue weighted by atomic mass is 19.4. The first-order valence-electron chi connectivity index (χ1n) is 7.32. The molecular weight excluding hydrogens is 381 g/mol. The third-order valence-corrected chi connectivity index (χ3v) is 3.41. The normalized spacial score (nSPS) is 12.3. The first kappa shape index (κ1) is 18.7. The molecule has 0 atom stereocenters. The molecule has 0 amide bonds. The quantitative estimate of drug-likeness (QED) is 0.554. The van der Waals surface area contributed by atoms with E-state index in [2.05, 4.69) is 15.0 Å². The Labute approximate surface area is 147 Å². The second-order valence-corrected chi connectivity index (χ2v) is 5.41. The molecule has 0 saturated heterocycles. The molecule has 2 aromatic carbocycles. The van der Waals surface area contributed by atoms with Gasteiger partial charge >= 0.3 is 12.5 Å². The number of halogens is 7.